The number of hydrogen-bond donors (Lipinski definition) is 3. The first kappa shape index (κ1) is 19.4. The molecule has 2 rings (SSSR count). The van der Waals surface area contributed by atoms with Gasteiger partial charge in [-0.15, -0.1) is 0 Å². The van der Waals surface area contributed by atoms with Crippen LogP contribution in [0.3, 0.4) is 0 Å². The minimum absolute atomic E-state index is 0.00586. The number of nitrogens with one attached hydrogen (secondary N) is 1. The number of carbonyl (C=O) groups is 2. The molecule has 0 spiro atoms. The lowest BCUT2D eigenvalue weighted by atomic mass is 10.1. The third kappa shape index (κ3) is 5.30. The van der Waals surface area contributed by atoms with Gasteiger partial charge >= 0.3 is 0 Å². The fraction of sp³-hybridized carbons (Fsp3) is 0.176. The Morgan fingerprint density at radius 3 is 2.15 bits per heavy atom. The molecule has 0 bridgehead atoms. The zero-order valence-corrected chi connectivity index (χ0v) is 14.8. The molecule has 138 valence electrons. The number of carbonyl (C=O) groups excluding carboxylic acids is 2. The number of ether oxygens (including phenoxy) is 1. The molecule has 0 aliphatic heterocycles. The molecule has 0 radical (unpaired) electrons. The van der Waals surface area contributed by atoms with Crippen molar-refractivity contribution in [3.05, 3.63) is 59.7 Å². The van der Waals surface area contributed by atoms with E-state index in [4.69, 9.17) is 15.6 Å². The number of hydrogen-bond acceptors (Lipinski definition) is 5. The van der Waals surface area contributed by atoms with Crippen LogP contribution in [0, 0.1) is 0 Å². The van der Waals surface area contributed by atoms with Crippen molar-refractivity contribution in [2.24, 2.45) is 10.9 Å². The lowest BCUT2D eigenvalue weighted by molar-refractivity contribution is -0.119. The second-order valence-corrected chi connectivity index (χ2v) is 7.15. The minimum Gasteiger partial charge on any atom is -0.484 e. The van der Waals surface area contributed by atoms with Crippen LogP contribution in [0.1, 0.15) is 28.9 Å². The summed E-state index contributed by atoms with van der Waals surface area (Å²) in [5.41, 5.74) is 6.13. The predicted octanol–water partition coefficient (Wildman–Crippen LogP) is 0.689. The monoisotopic (exact) mass is 377 g/mol. The maximum absolute atomic E-state index is 12.3. The molecule has 0 saturated heterocycles. The zero-order valence-electron chi connectivity index (χ0n) is 14.0. The van der Waals surface area contributed by atoms with Crippen molar-refractivity contribution >= 4 is 21.8 Å². The van der Waals surface area contributed by atoms with Gasteiger partial charge in [0.15, 0.2) is 6.61 Å². The molecular weight excluding hydrogens is 358 g/mol. The third-order valence-corrected chi connectivity index (χ3v) is 4.48. The summed E-state index contributed by atoms with van der Waals surface area (Å²) in [6.45, 7) is 1.53. The molecule has 0 heterocycles. The summed E-state index contributed by atoms with van der Waals surface area (Å²) < 4.78 is 27.6. The SMILES string of the molecule is C[C@H](NC(=O)c1ccc(OCC(N)=O)cc1)c1ccc(S(N)(=O)=O)cc1. The largest absolute Gasteiger partial charge is 0.484 e. The summed E-state index contributed by atoms with van der Waals surface area (Å²) in [6.07, 6.45) is 0. The minimum atomic E-state index is -3.75. The van der Waals surface area contributed by atoms with Gasteiger partial charge in [-0.25, -0.2) is 13.6 Å². The fourth-order valence-corrected chi connectivity index (χ4v) is 2.68. The highest BCUT2D eigenvalue weighted by Crippen LogP contribution is 2.17. The number of nitrogens with two attached hydrogens (primary N) is 2. The van der Waals surface area contributed by atoms with Crippen LogP contribution in [0.15, 0.2) is 53.4 Å². The lowest BCUT2D eigenvalue weighted by Gasteiger charge is -2.15. The van der Waals surface area contributed by atoms with Crippen molar-refractivity contribution in [1.82, 2.24) is 5.32 Å². The van der Waals surface area contributed by atoms with Gasteiger partial charge in [-0.2, -0.15) is 0 Å². The maximum Gasteiger partial charge on any atom is 0.255 e. The first-order valence-electron chi connectivity index (χ1n) is 7.61. The summed E-state index contributed by atoms with van der Waals surface area (Å²) in [5.74, 6) is -0.476. The van der Waals surface area contributed by atoms with Crippen molar-refractivity contribution < 1.29 is 22.7 Å². The van der Waals surface area contributed by atoms with E-state index in [0.29, 0.717) is 11.3 Å². The van der Waals surface area contributed by atoms with Gasteiger partial charge in [0.2, 0.25) is 10.0 Å². The number of sulfonamides is 1. The molecule has 2 aromatic rings. The van der Waals surface area contributed by atoms with E-state index in [9.17, 15) is 18.0 Å². The summed E-state index contributed by atoms with van der Waals surface area (Å²) >= 11 is 0. The molecule has 26 heavy (non-hydrogen) atoms. The molecule has 0 fully saturated rings. The highest BCUT2D eigenvalue weighted by atomic mass is 32.2. The van der Waals surface area contributed by atoms with Crippen molar-refractivity contribution in [3.8, 4) is 5.75 Å². The second kappa shape index (κ2) is 7.98. The van der Waals surface area contributed by atoms with Gasteiger partial charge in [0.05, 0.1) is 10.9 Å². The normalized spacial score (nSPS) is 12.2. The Morgan fingerprint density at radius 1 is 1.08 bits per heavy atom. The smallest absolute Gasteiger partial charge is 0.255 e. The highest BCUT2D eigenvalue weighted by Gasteiger charge is 2.13. The Kier molecular flexibility index (Phi) is 5.96. The molecule has 0 aliphatic carbocycles. The van der Waals surface area contributed by atoms with Crippen LogP contribution in [0.25, 0.3) is 0 Å². The molecular formula is C17H19N3O5S. The topological polar surface area (TPSA) is 142 Å². The first-order chi connectivity index (χ1) is 12.2. The zero-order chi connectivity index (χ0) is 19.3. The van der Waals surface area contributed by atoms with Crippen molar-refractivity contribution in [2.45, 2.75) is 17.9 Å². The van der Waals surface area contributed by atoms with Gasteiger partial charge in [-0.3, -0.25) is 9.59 Å². The van der Waals surface area contributed by atoms with Gasteiger partial charge in [0.25, 0.3) is 11.8 Å². The molecule has 5 N–H and O–H groups in total. The number of benzene rings is 2. The van der Waals surface area contributed by atoms with Crippen LogP contribution < -0.4 is 20.9 Å². The van der Waals surface area contributed by atoms with Crippen LogP contribution in [-0.4, -0.2) is 26.8 Å². The van der Waals surface area contributed by atoms with Crippen molar-refractivity contribution in [1.29, 1.82) is 0 Å². The summed E-state index contributed by atoms with van der Waals surface area (Å²) in [6, 6.07) is 11.8. The Hall–Kier alpha value is -2.91. The van der Waals surface area contributed by atoms with E-state index in [-0.39, 0.29) is 23.5 Å². The van der Waals surface area contributed by atoms with Crippen LogP contribution >= 0.6 is 0 Å². The highest BCUT2D eigenvalue weighted by molar-refractivity contribution is 7.89. The van der Waals surface area contributed by atoms with Gasteiger partial charge in [0, 0.05) is 5.56 Å². The molecule has 9 heteroatoms. The van der Waals surface area contributed by atoms with Gasteiger partial charge in [-0.1, -0.05) is 12.1 Å². The number of primary sulfonamides is 1. The van der Waals surface area contributed by atoms with Crippen LogP contribution in [0.4, 0.5) is 0 Å². The molecule has 0 aromatic heterocycles. The number of amides is 2. The lowest BCUT2D eigenvalue weighted by Crippen LogP contribution is -2.26. The van der Waals surface area contributed by atoms with Crippen molar-refractivity contribution in [3.63, 3.8) is 0 Å². The standard InChI is InChI=1S/C17H19N3O5S/c1-11(12-4-8-15(9-5-12)26(19,23)24)20-17(22)13-2-6-14(7-3-13)25-10-16(18)21/h2-9,11H,10H2,1H3,(H2,18,21)(H,20,22)(H2,19,23,24)/t11-/m0/s1. The number of primary amides is 1. The maximum atomic E-state index is 12.3. The molecule has 2 amide bonds. The van der Waals surface area contributed by atoms with E-state index in [0.717, 1.165) is 5.56 Å². The number of rotatable bonds is 7. The average Bonchev–Trinajstić information content (AvgIpc) is 2.59. The first-order valence-corrected chi connectivity index (χ1v) is 9.16. The average molecular weight is 377 g/mol. The van der Waals surface area contributed by atoms with Gasteiger partial charge in [-0.05, 0) is 48.9 Å². The van der Waals surface area contributed by atoms with E-state index in [1.807, 2.05) is 0 Å². The third-order valence-electron chi connectivity index (χ3n) is 3.55. The molecule has 1 atom stereocenters. The predicted molar refractivity (Wildman–Crippen MR) is 94.8 cm³/mol. The van der Waals surface area contributed by atoms with Crippen LogP contribution in [0.5, 0.6) is 5.75 Å². The Bertz CT molecular complexity index is 893. The van der Waals surface area contributed by atoms with E-state index in [2.05, 4.69) is 5.32 Å². The van der Waals surface area contributed by atoms with Gasteiger partial charge < -0.3 is 15.8 Å². The van der Waals surface area contributed by atoms with Crippen LogP contribution in [-0.2, 0) is 14.8 Å². The quantitative estimate of drug-likeness (QED) is 0.651. The summed E-state index contributed by atoms with van der Waals surface area (Å²) in [7, 11) is -3.75. The summed E-state index contributed by atoms with van der Waals surface area (Å²) in [5, 5.41) is 7.86. The Labute approximate surface area is 151 Å². The molecule has 0 aliphatic rings. The Morgan fingerprint density at radius 2 is 1.65 bits per heavy atom. The van der Waals surface area contributed by atoms with Crippen LogP contribution in [0.2, 0.25) is 0 Å². The fourth-order valence-electron chi connectivity index (χ4n) is 2.17. The van der Waals surface area contributed by atoms with E-state index in [1.165, 1.54) is 12.1 Å². The van der Waals surface area contributed by atoms with E-state index in [1.54, 1.807) is 43.3 Å². The molecule has 8 nitrogen and oxygen atoms in total. The van der Waals surface area contributed by atoms with E-state index < -0.39 is 15.9 Å². The van der Waals surface area contributed by atoms with Gasteiger partial charge in [0.1, 0.15) is 5.75 Å². The molecule has 0 unspecified atom stereocenters. The summed E-state index contributed by atoms with van der Waals surface area (Å²) in [4.78, 5) is 23.0. The molecule has 0 saturated carbocycles. The second-order valence-electron chi connectivity index (χ2n) is 5.59. The van der Waals surface area contributed by atoms with E-state index >= 15 is 0 Å². The molecule has 2 aromatic carbocycles. The van der Waals surface area contributed by atoms with Crippen molar-refractivity contribution in [2.75, 3.05) is 6.61 Å². The Balaban J connectivity index is 2.01.